The third-order valence-electron chi connectivity index (χ3n) is 3.69. The molecule has 134 valence electrons. The van der Waals surface area contributed by atoms with Crippen molar-refractivity contribution in [2.75, 3.05) is 12.9 Å². The summed E-state index contributed by atoms with van der Waals surface area (Å²) in [6.07, 6.45) is 0. The number of methoxy groups -OCH3 is 1. The van der Waals surface area contributed by atoms with Gasteiger partial charge in [0.25, 0.3) is 5.91 Å². The SMILES string of the molecule is CCSc1cccc(C(=O)N=c2sc3ccccc3n2CC(=O)OC)c1. The number of para-hydroxylation sites is 1. The number of benzene rings is 2. The summed E-state index contributed by atoms with van der Waals surface area (Å²) in [5.41, 5.74) is 1.38. The Morgan fingerprint density at radius 3 is 2.77 bits per heavy atom. The van der Waals surface area contributed by atoms with Crippen LogP contribution in [-0.2, 0) is 16.1 Å². The number of rotatable bonds is 5. The van der Waals surface area contributed by atoms with Gasteiger partial charge in [0, 0.05) is 10.5 Å². The minimum Gasteiger partial charge on any atom is -0.468 e. The van der Waals surface area contributed by atoms with Crippen LogP contribution in [-0.4, -0.2) is 29.3 Å². The van der Waals surface area contributed by atoms with Gasteiger partial charge in [-0.05, 0) is 36.1 Å². The van der Waals surface area contributed by atoms with Crippen LogP contribution in [0.15, 0.2) is 58.4 Å². The van der Waals surface area contributed by atoms with Crippen molar-refractivity contribution in [2.45, 2.75) is 18.4 Å². The summed E-state index contributed by atoms with van der Waals surface area (Å²) in [6, 6.07) is 15.1. The second-order valence-corrected chi connectivity index (χ2v) is 7.74. The van der Waals surface area contributed by atoms with Crippen LogP contribution in [0.25, 0.3) is 10.2 Å². The molecule has 1 aromatic heterocycles. The Kier molecular flexibility index (Phi) is 5.90. The Morgan fingerprint density at radius 1 is 1.19 bits per heavy atom. The van der Waals surface area contributed by atoms with E-state index in [1.54, 1.807) is 22.4 Å². The monoisotopic (exact) mass is 386 g/mol. The summed E-state index contributed by atoms with van der Waals surface area (Å²) in [5.74, 6) is 0.224. The van der Waals surface area contributed by atoms with Gasteiger partial charge < -0.3 is 9.30 Å². The van der Waals surface area contributed by atoms with E-state index in [4.69, 9.17) is 4.74 Å². The lowest BCUT2D eigenvalue weighted by Crippen LogP contribution is -2.22. The molecule has 0 aliphatic rings. The van der Waals surface area contributed by atoms with Gasteiger partial charge in [0.2, 0.25) is 0 Å². The van der Waals surface area contributed by atoms with E-state index in [0.29, 0.717) is 10.4 Å². The fraction of sp³-hybridized carbons (Fsp3) is 0.211. The van der Waals surface area contributed by atoms with Gasteiger partial charge in [0.1, 0.15) is 6.54 Å². The Balaban J connectivity index is 2.05. The highest BCUT2D eigenvalue weighted by Crippen LogP contribution is 2.20. The van der Waals surface area contributed by atoms with Crippen LogP contribution >= 0.6 is 23.1 Å². The summed E-state index contributed by atoms with van der Waals surface area (Å²) >= 11 is 3.05. The molecule has 0 aliphatic carbocycles. The lowest BCUT2D eigenvalue weighted by atomic mass is 10.2. The van der Waals surface area contributed by atoms with Gasteiger partial charge in [-0.2, -0.15) is 4.99 Å². The van der Waals surface area contributed by atoms with Crippen molar-refractivity contribution in [1.29, 1.82) is 0 Å². The maximum absolute atomic E-state index is 12.7. The lowest BCUT2D eigenvalue weighted by molar-refractivity contribution is -0.141. The normalized spacial score (nSPS) is 11.7. The molecule has 1 amide bonds. The van der Waals surface area contributed by atoms with Crippen LogP contribution in [0.5, 0.6) is 0 Å². The van der Waals surface area contributed by atoms with Crippen molar-refractivity contribution in [3.63, 3.8) is 0 Å². The van der Waals surface area contributed by atoms with Gasteiger partial charge in [-0.15, -0.1) is 11.8 Å². The molecule has 0 radical (unpaired) electrons. The predicted octanol–water partition coefficient (Wildman–Crippen LogP) is 3.73. The molecular formula is C19H18N2O3S2. The van der Waals surface area contributed by atoms with Crippen molar-refractivity contribution in [3.05, 3.63) is 58.9 Å². The third-order valence-corrected chi connectivity index (χ3v) is 5.63. The average Bonchev–Trinajstić information content (AvgIpc) is 2.99. The summed E-state index contributed by atoms with van der Waals surface area (Å²) in [4.78, 5) is 30.2. The maximum Gasteiger partial charge on any atom is 0.325 e. The molecule has 0 atom stereocenters. The molecule has 3 rings (SSSR count). The van der Waals surface area contributed by atoms with E-state index >= 15 is 0 Å². The summed E-state index contributed by atoms with van der Waals surface area (Å²) < 4.78 is 7.45. The zero-order chi connectivity index (χ0) is 18.5. The third kappa shape index (κ3) is 4.05. The molecule has 0 aliphatic heterocycles. The number of hydrogen-bond donors (Lipinski definition) is 0. The Morgan fingerprint density at radius 2 is 2.00 bits per heavy atom. The van der Waals surface area contributed by atoms with E-state index < -0.39 is 0 Å². The fourth-order valence-corrected chi connectivity index (χ4v) is 4.24. The van der Waals surface area contributed by atoms with E-state index in [-0.39, 0.29) is 18.4 Å². The number of thiazole rings is 1. The first-order valence-corrected chi connectivity index (χ1v) is 9.89. The molecule has 0 N–H and O–H groups in total. The summed E-state index contributed by atoms with van der Waals surface area (Å²) in [6.45, 7) is 2.08. The van der Waals surface area contributed by atoms with Gasteiger partial charge in [-0.25, -0.2) is 0 Å². The predicted molar refractivity (Wildman–Crippen MR) is 105 cm³/mol. The largest absolute Gasteiger partial charge is 0.468 e. The Labute approximate surface area is 159 Å². The molecule has 1 heterocycles. The molecule has 26 heavy (non-hydrogen) atoms. The number of fused-ring (bicyclic) bond motifs is 1. The lowest BCUT2D eigenvalue weighted by Gasteiger charge is -2.03. The molecule has 0 unspecified atom stereocenters. The summed E-state index contributed by atoms with van der Waals surface area (Å²) in [7, 11) is 1.34. The highest BCUT2D eigenvalue weighted by atomic mass is 32.2. The number of ether oxygens (including phenoxy) is 1. The zero-order valence-corrected chi connectivity index (χ0v) is 16.1. The van der Waals surface area contributed by atoms with Crippen LogP contribution < -0.4 is 4.80 Å². The van der Waals surface area contributed by atoms with E-state index in [9.17, 15) is 9.59 Å². The maximum atomic E-state index is 12.7. The van der Waals surface area contributed by atoms with E-state index in [0.717, 1.165) is 20.9 Å². The van der Waals surface area contributed by atoms with Gasteiger partial charge in [-0.1, -0.05) is 36.5 Å². The number of aromatic nitrogens is 1. The molecule has 2 aromatic carbocycles. The second-order valence-electron chi connectivity index (χ2n) is 5.39. The topological polar surface area (TPSA) is 60.7 Å². The number of esters is 1. The number of thioether (sulfide) groups is 1. The molecule has 3 aromatic rings. The van der Waals surface area contributed by atoms with Crippen molar-refractivity contribution >= 4 is 45.2 Å². The molecule has 5 nitrogen and oxygen atoms in total. The highest BCUT2D eigenvalue weighted by molar-refractivity contribution is 7.99. The van der Waals surface area contributed by atoms with Crippen molar-refractivity contribution in [3.8, 4) is 0 Å². The van der Waals surface area contributed by atoms with Gasteiger partial charge in [-0.3, -0.25) is 9.59 Å². The molecule has 0 fully saturated rings. The van der Waals surface area contributed by atoms with Crippen LogP contribution in [0.3, 0.4) is 0 Å². The van der Waals surface area contributed by atoms with Crippen molar-refractivity contribution in [1.82, 2.24) is 4.57 Å². The molecule has 0 spiro atoms. The summed E-state index contributed by atoms with van der Waals surface area (Å²) in [5, 5.41) is 0. The van der Waals surface area contributed by atoms with E-state index in [1.165, 1.54) is 18.4 Å². The highest BCUT2D eigenvalue weighted by Gasteiger charge is 2.12. The van der Waals surface area contributed by atoms with Crippen LogP contribution in [0.1, 0.15) is 17.3 Å². The van der Waals surface area contributed by atoms with Crippen molar-refractivity contribution in [2.24, 2.45) is 4.99 Å². The van der Waals surface area contributed by atoms with E-state index in [1.807, 2.05) is 42.5 Å². The first-order chi connectivity index (χ1) is 12.6. The first kappa shape index (κ1) is 18.4. The molecule has 0 saturated heterocycles. The number of amides is 1. The number of carbonyl (C=O) groups is 2. The number of carbonyl (C=O) groups excluding carboxylic acids is 2. The minimum absolute atomic E-state index is 0.0123. The average molecular weight is 386 g/mol. The van der Waals surface area contributed by atoms with Gasteiger partial charge >= 0.3 is 5.97 Å². The number of hydrogen-bond acceptors (Lipinski definition) is 5. The quantitative estimate of drug-likeness (QED) is 0.495. The van der Waals surface area contributed by atoms with Gasteiger partial charge in [0.05, 0.1) is 17.3 Å². The first-order valence-electron chi connectivity index (χ1n) is 8.09. The second kappa shape index (κ2) is 8.33. The molecule has 0 saturated carbocycles. The van der Waals surface area contributed by atoms with Crippen LogP contribution in [0.4, 0.5) is 0 Å². The molecule has 7 heteroatoms. The minimum atomic E-state index is -0.385. The Hall–Kier alpha value is -2.38. The van der Waals surface area contributed by atoms with Crippen LogP contribution in [0.2, 0.25) is 0 Å². The molecule has 0 bridgehead atoms. The standard InChI is InChI=1S/C19H18N2O3S2/c1-3-25-14-8-6-7-13(11-14)18(23)20-19-21(12-17(22)24-2)15-9-4-5-10-16(15)26-19/h4-11H,3,12H2,1-2H3. The van der Waals surface area contributed by atoms with Gasteiger partial charge in [0.15, 0.2) is 4.80 Å². The number of nitrogens with zero attached hydrogens (tertiary/aromatic N) is 2. The van der Waals surface area contributed by atoms with Crippen molar-refractivity contribution < 1.29 is 14.3 Å². The zero-order valence-electron chi connectivity index (χ0n) is 14.5. The smallest absolute Gasteiger partial charge is 0.325 e. The van der Waals surface area contributed by atoms with Crippen LogP contribution in [0, 0.1) is 0 Å². The fourth-order valence-electron chi connectivity index (χ4n) is 2.49. The van der Waals surface area contributed by atoms with E-state index in [2.05, 4.69) is 11.9 Å². The Bertz CT molecular complexity index is 1020. The molecular weight excluding hydrogens is 368 g/mol.